The van der Waals surface area contributed by atoms with E-state index in [0.29, 0.717) is 30.7 Å². The highest BCUT2D eigenvalue weighted by Crippen LogP contribution is 2.32. The van der Waals surface area contributed by atoms with Crippen LogP contribution in [0.15, 0.2) is 48.8 Å². The summed E-state index contributed by atoms with van der Waals surface area (Å²) in [6, 6.07) is 12.3. The number of aryl methyl sites for hydroxylation is 1. The first kappa shape index (κ1) is 20.2. The molecule has 2 aromatic carbocycles. The van der Waals surface area contributed by atoms with E-state index in [1.54, 1.807) is 6.07 Å². The van der Waals surface area contributed by atoms with Gasteiger partial charge in [0, 0.05) is 48.1 Å². The zero-order chi connectivity index (χ0) is 22.4. The minimum Gasteiger partial charge on any atom is -0.493 e. The summed E-state index contributed by atoms with van der Waals surface area (Å²) in [6.45, 7) is 3.98. The molecule has 0 bridgehead atoms. The van der Waals surface area contributed by atoms with Crippen LogP contribution in [0.4, 0.5) is 10.3 Å². The van der Waals surface area contributed by atoms with Crippen molar-refractivity contribution in [2.45, 2.75) is 38.8 Å². The normalized spacial score (nSPS) is 17.3. The molecule has 2 aliphatic heterocycles. The van der Waals surface area contributed by atoms with Gasteiger partial charge in [0.1, 0.15) is 17.2 Å². The number of halogens is 1. The monoisotopic (exact) mass is 443 g/mol. The second-order valence-electron chi connectivity index (χ2n) is 8.80. The van der Waals surface area contributed by atoms with E-state index < -0.39 is 0 Å². The van der Waals surface area contributed by atoms with Crippen LogP contribution >= 0.6 is 0 Å². The lowest BCUT2D eigenvalue weighted by atomic mass is 10.0. The van der Waals surface area contributed by atoms with Crippen LogP contribution in [0.25, 0.3) is 16.8 Å². The fourth-order valence-corrected chi connectivity index (χ4v) is 4.97. The summed E-state index contributed by atoms with van der Waals surface area (Å²) >= 11 is 0. The average Bonchev–Trinajstić information content (AvgIpc) is 3.59. The number of hydrogen-bond acceptors (Lipinski definition) is 5. The fraction of sp³-hybridized carbons (Fsp3) is 0.308. The van der Waals surface area contributed by atoms with Crippen molar-refractivity contribution < 1.29 is 9.13 Å². The maximum absolute atomic E-state index is 14.6. The minimum absolute atomic E-state index is 0.224. The van der Waals surface area contributed by atoms with Crippen molar-refractivity contribution in [3.8, 4) is 16.9 Å². The topological polar surface area (TPSA) is 63.5 Å². The molecular weight excluding hydrogens is 417 g/mol. The molecule has 0 amide bonds. The Morgan fingerprint density at radius 2 is 2.09 bits per heavy atom. The van der Waals surface area contributed by atoms with E-state index >= 15 is 0 Å². The highest BCUT2D eigenvalue weighted by molar-refractivity contribution is 5.78. The van der Waals surface area contributed by atoms with E-state index in [9.17, 15) is 4.39 Å². The van der Waals surface area contributed by atoms with Gasteiger partial charge in [0.2, 0.25) is 5.95 Å². The van der Waals surface area contributed by atoms with Crippen LogP contribution in [-0.4, -0.2) is 27.5 Å². The number of hydrogen-bond donors (Lipinski definition) is 2. The summed E-state index contributed by atoms with van der Waals surface area (Å²) in [5, 5.41) is 6.87. The van der Waals surface area contributed by atoms with Gasteiger partial charge >= 0.3 is 0 Å². The highest BCUT2D eigenvalue weighted by atomic mass is 19.1. The molecule has 0 radical (unpaired) electrons. The van der Waals surface area contributed by atoms with Crippen molar-refractivity contribution in [3.05, 3.63) is 77.0 Å². The standard InChI is InChI=1S/C26H26FN5O/c1-16-15-32-25(31-16)20(17-4-6-18(7-5-17)23-3-2-11-28-23)13-29-26(32)30-14-21-19-10-12-33-24(19)9-8-22(21)27/h4-9,13,15,23,28H,2-3,10-12,14H2,1H3,(H,29,30). The highest BCUT2D eigenvalue weighted by Gasteiger charge is 2.20. The Morgan fingerprint density at radius 3 is 2.91 bits per heavy atom. The fourth-order valence-electron chi connectivity index (χ4n) is 4.97. The second-order valence-corrected chi connectivity index (χ2v) is 8.80. The van der Waals surface area contributed by atoms with Gasteiger partial charge in [-0.15, -0.1) is 0 Å². The van der Waals surface area contributed by atoms with Crippen LogP contribution < -0.4 is 15.4 Å². The van der Waals surface area contributed by atoms with E-state index in [-0.39, 0.29) is 5.82 Å². The Kier molecular flexibility index (Phi) is 4.99. The Labute approximate surface area is 191 Å². The van der Waals surface area contributed by atoms with Gasteiger partial charge in [0.25, 0.3) is 0 Å². The van der Waals surface area contributed by atoms with Crippen LogP contribution in [-0.2, 0) is 13.0 Å². The minimum atomic E-state index is -0.224. The third-order valence-corrected chi connectivity index (χ3v) is 6.66. The van der Waals surface area contributed by atoms with Gasteiger partial charge in [-0.3, -0.25) is 4.40 Å². The smallest absolute Gasteiger partial charge is 0.208 e. The molecule has 0 saturated carbocycles. The molecular formula is C26H26FN5O. The Bertz CT molecular complexity index is 1330. The largest absolute Gasteiger partial charge is 0.493 e. The number of imidazole rings is 1. The van der Waals surface area contributed by atoms with Crippen molar-refractivity contribution in [1.29, 1.82) is 0 Å². The van der Waals surface area contributed by atoms with E-state index in [1.165, 1.54) is 24.5 Å². The van der Waals surface area contributed by atoms with E-state index in [4.69, 9.17) is 9.72 Å². The molecule has 168 valence electrons. The van der Waals surface area contributed by atoms with Crippen molar-refractivity contribution in [1.82, 2.24) is 19.7 Å². The summed E-state index contributed by atoms with van der Waals surface area (Å²) in [7, 11) is 0. The number of nitrogens with one attached hydrogen (secondary N) is 2. The van der Waals surface area contributed by atoms with E-state index in [0.717, 1.165) is 46.7 Å². The number of anilines is 1. The molecule has 4 heterocycles. The second kappa shape index (κ2) is 8.15. The molecule has 2 aromatic heterocycles. The third kappa shape index (κ3) is 3.62. The maximum atomic E-state index is 14.6. The van der Waals surface area contributed by atoms with Crippen molar-refractivity contribution in [2.75, 3.05) is 18.5 Å². The molecule has 4 aromatic rings. The van der Waals surface area contributed by atoms with Crippen LogP contribution in [0.2, 0.25) is 0 Å². The van der Waals surface area contributed by atoms with Gasteiger partial charge < -0.3 is 15.4 Å². The number of rotatable bonds is 5. The predicted molar refractivity (Wildman–Crippen MR) is 126 cm³/mol. The Balaban J connectivity index is 1.31. The molecule has 2 aliphatic rings. The molecule has 0 aliphatic carbocycles. The SMILES string of the molecule is Cc1cn2c(NCc3c(F)ccc4c3CCO4)ncc(-c3ccc(C4CCCN4)cc3)c2n1. The first-order valence-electron chi connectivity index (χ1n) is 11.5. The van der Waals surface area contributed by atoms with Gasteiger partial charge in [0.15, 0.2) is 0 Å². The van der Waals surface area contributed by atoms with Gasteiger partial charge in [-0.25, -0.2) is 14.4 Å². The van der Waals surface area contributed by atoms with Crippen LogP contribution in [0.1, 0.15) is 41.3 Å². The zero-order valence-corrected chi connectivity index (χ0v) is 18.6. The summed E-state index contributed by atoms with van der Waals surface area (Å²) in [5.41, 5.74) is 6.68. The number of ether oxygens (including phenoxy) is 1. The van der Waals surface area contributed by atoms with Gasteiger partial charge in [-0.1, -0.05) is 24.3 Å². The third-order valence-electron chi connectivity index (χ3n) is 6.66. The van der Waals surface area contributed by atoms with Crippen LogP contribution in [0.5, 0.6) is 5.75 Å². The molecule has 7 heteroatoms. The summed E-state index contributed by atoms with van der Waals surface area (Å²) in [4.78, 5) is 9.44. The average molecular weight is 444 g/mol. The molecule has 1 saturated heterocycles. The number of fused-ring (bicyclic) bond motifs is 2. The molecule has 0 spiro atoms. The molecule has 1 atom stereocenters. The first-order chi connectivity index (χ1) is 16.2. The predicted octanol–water partition coefficient (Wildman–Crippen LogP) is 4.82. The molecule has 6 rings (SSSR count). The van der Waals surface area contributed by atoms with Crippen molar-refractivity contribution in [3.63, 3.8) is 0 Å². The number of nitrogens with zero attached hydrogens (tertiary/aromatic N) is 3. The molecule has 6 nitrogen and oxygen atoms in total. The zero-order valence-electron chi connectivity index (χ0n) is 18.6. The lowest BCUT2D eigenvalue weighted by molar-refractivity contribution is 0.356. The molecule has 33 heavy (non-hydrogen) atoms. The van der Waals surface area contributed by atoms with Crippen molar-refractivity contribution in [2.24, 2.45) is 0 Å². The van der Waals surface area contributed by atoms with Gasteiger partial charge in [-0.05, 0) is 49.6 Å². The molecule has 1 fully saturated rings. The Hall–Kier alpha value is -3.45. The van der Waals surface area contributed by atoms with E-state index in [2.05, 4.69) is 39.9 Å². The van der Waals surface area contributed by atoms with Crippen LogP contribution in [0, 0.1) is 12.7 Å². The van der Waals surface area contributed by atoms with Crippen molar-refractivity contribution >= 4 is 11.6 Å². The summed E-state index contributed by atoms with van der Waals surface area (Å²) in [6.07, 6.45) is 6.94. The number of benzene rings is 2. The lowest BCUT2D eigenvalue weighted by Crippen LogP contribution is -2.12. The summed E-state index contributed by atoms with van der Waals surface area (Å²) in [5.74, 6) is 1.19. The molecule has 1 unspecified atom stereocenters. The van der Waals surface area contributed by atoms with Gasteiger partial charge in [-0.2, -0.15) is 0 Å². The van der Waals surface area contributed by atoms with E-state index in [1.807, 2.05) is 23.7 Å². The summed E-state index contributed by atoms with van der Waals surface area (Å²) < 4.78 is 22.1. The number of aromatic nitrogens is 3. The van der Waals surface area contributed by atoms with Gasteiger partial charge in [0.05, 0.1) is 12.3 Å². The Morgan fingerprint density at radius 1 is 1.21 bits per heavy atom. The molecule has 2 N–H and O–H groups in total. The maximum Gasteiger partial charge on any atom is 0.208 e. The quantitative estimate of drug-likeness (QED) is 0.463. The lowest BCUT2D eigenvalue weighted by Gasteiger charge is -2.14. The van der Waals surface area contributed by atoms with Crippen LogP contribution in [0.3, 0.4) is 0 Å². The first-order valence-corrected chi connectivity index (χ1v) is 11.5.